The first-order valence-corrected chi connectivity index (χ1v) is 9.76. The highest BCUT2D eigenvalue weighted by atomic mass is 32.1. The molecule has 25 heavy (non-hydrogen) atoms. The van der Waals surface area contributed by atoms with Gasteiger partial charge in [-0.2, -0.15) is 0 Å². The number of aromatic nitrogens is 2. The monoisotopic (exact) mass is 362 g/mol. The highest BCUT2D eigenvalue weighted by Gasteiger charge is 2.23. The maximum atomic E-state index is 12.7. The van der Waals surface area contributed by atoms with Gasteiger partial charge >= 0.3 is 0 Å². The first kappa shape index (κ1) is 18.1. The molecule has 0 aromatic carbocycles. The first-order chi connectivity index (χ1) is 12.1. The van der Waals surface area contributed by atoms with Crippen molar-refractivity contribution in [3.05, 3.63) is 16.8 Å². The number of thiophene rings is 1. The van der Waals surface area contributed by atoms with Crippen molar-refractivity contribution in [2.75, 3.05) is 19.0 Å². The van der Waals surface area contributed by atoms with E-state index < -0.39 is 0 Å². The van der Waals surface area contributed by atoms with Crippen LogP contribution in [0.25, 0.3) is 10.2 Å². The van der Waals surface area contributed by atoms with Gasteiger partial charge in [0.15, 0.2) is 0 Å². The van der Waals surface area contributed by atoms with Crippen molar-refractivity contribution in [1.29, 1.82) is 0 Å². The van der Waals surface area contributed by atoms with Crippen molar-refractivity contribution in [2.45, 2.75) is 58.0 Å². The lowest BCUT2D eigenvalue weighted by Gasteiger charge is -2.17. The van der Waals surface area contributed by atoms with Crippen LogP contribution in [0, 0.1) is 6.92 Å². The Labute approximate surface area is 152 Å². The molecule has 1 unspecified atom stereocenters. The number of hydrogen-bond acceptors (Lipinski definition) is 6. The molecule has 0 aliphatic heterocycles. The quantitative estimate of drug-likeness (QED) is 0.788. The third-order valence-electron chi connectivity index (χ3n) is 4.82. The third kappa shape index (κ3) is 3.93. The van der Waals surface area contributed by atoms with E-state index in [0.717, 1.165) is 45.7 Å². The summed E-state index contributed by atoms with van der Waals surface area (Å²) in [4.78, 5) is 23.1. The van der Waals surface area contributed by atoms with E-state index in [1.165, 1.54) is 24.2 Å². The second kappa shape index (κ2) is 8.10. The number of methoxy groups -OCH3 is 1. The Morgan fingerprint density at radius 1 is 1.40 bits per heavy atom. The van der Waals surface area contributed by atoms with E-state index in [-0.39, 0.29) is 11.9 Å². The van der Waals surface area contributed by atoms with Crippen molar-refractivity contribution in [3.8, 4) is 0 Å². The summed E-state index contributed by atoms with van der Waals surface area (Å²) in [5.74, 6) is 0.796. The molecule has 3 rings (SSSR count). The molecule has 0 bridgehead atoms. The van der Waals surface area contributed by atoms with Gasteiger partial charge in [0.05, 0.1) is 22.9 Å². The van der Waals surface area contributed by atoms with Crippen LogP contribution in [-0.4, -0.2) is 41.7 Å². The number of rotatable bonds is 7. The summed E-state index contributed by atoms with van der Waals surface area (Å²) in [5.41, 5.74) is 0.950. The summed E-state index contributed by atoms with van der Waals surface area (Å²) >= 11 is 1.44. The Balaban J connectivity index is 1.88. The molecular weight excluding hydrogens is 336 g/mol. The topological polar surface area (TPSA) is 76.1 Å². The van der Waals surface area contributed by atoms with E-state index in [2.05, 4.69) is 27.5 Å². The number of nitrogens with one attached hydrogen (secondary N) is 2. The summed E-state index contributed by atoms with van der Waals surface area (Å²) in [5, 5.41) is 7.55. The molecule has 1 aliphatic carbocycles. The predicted molar refractivity (Wildman–Crippen MR) is 101 cm³/mol. The van der Waals surface area contributed by atoms with Gasteiger partial charge in [0.1, 0.15) is 17.0 Å². The van der Waals surface area contributed by atoms with Crippen LogP contribution >= 0.6 is 11.3 Å². The van der Waals surface area contributed by atoms with Gasteiger partial charge in [-0.25, -0.2) is 9.97 Å². The summed E-state index contributed by atoms with van der Waals surface area (Å²) < 4.78 is 5.26. The van der Waals surface area contributed by atoms with Crippen LogP contribution in [0.5, 0.6) is 0 Å². The van der Waals surface area contributed by atoms with Crippen LogP contribution in [0.15, 0.2) is 6.33 Å². The van der Waals surface area contributed by atoms with Gasteiger partial charge < -0.3 is 15.4 Å². The number of anilines is 1. The second-order valence-electron chi connectivity index (χ2n) is 6.62. The minimum Gasteiger partial charge on any atom is -0.383 e. The van der Waals surface area contributed by atoms with E-state index in [9.17, 15) is 4.79 Å². The first-order valence-electron chi connectivity index (χ1n) is 8.94. The predicted octanol–water partition coefficient (Wildman–Crippen LogP) is 3.51. The summed E-state index contributed by atoms with van der Waals surface area (Å²) in [6, 6.07) is 0.491. The lowest BCUT2D eigenvalue weighted by Crippen LogP contribution is -2.32. The van der Waals surface area contributed by atoms with Gasteiger partial charge in [-0.15, -0.1) is 11.3 Å². The van der Waals surface area contributed by atoms with Gasteiger partial charge in [0.2, 0.25) is 0 Å². The van der Waals surface area contributed by atoms with E-state index in [1.54, 1.807) is 13.4 Å². The third-order valence-corrected chi connectivity index (χ3v) is 6.02. The lowest BCUT2D eigenvalue weighted by molar-refractivity contribution is 0.0941. The molecule has 1 saturated carbocycles. The molecular formula is C18H26N4O2S. The number of aryl methyl sites for hydroxylation is 1. The van der Waals surface area contributed by atoms with Crippen LogP contribution in [0.2, 0.25) is 0 Å². The molecule has 2 heterocycles. The SMILES string of the molecule is CCC(COC)Nc1ncnc2sc(C(=O)NC3CCCC3)c(C)c12. The summed E-state index contributed by atoms with van der Waals surface area (Å²) in [7, 11) is 1.70. The highest BCUT2D eigenvalue weighted by Crippen LogP contribution is 2.34. The van der Waals surface area contributed by atoms with Crippen molar-refractivity contribution >= 4 is 33.3 Å². The Hall–Kier alpha value is -1.73. The minimum atomic E-state index is 0.0160. The zero-order valence-corrected chi connectivity index (χ0v) is 15.9. The van der Waals surface area contributed by atoms with E-state index in [0.29, 0.717) is 12.6 Å². The number of nitrogens with zero attached hydrogens (tertiary/aromatic N) is 2. The van der Waals surface area contributed by atoms with Crippen molar-refractivity contribution in [3.63, 3.8) is 0 Å². The molecule has 1 amide bonds. The van der Waals surface area contributed by atoms with Crippen LogP contribution < -0.4 is 10.6 Å². The molecule has 2 N–H and O–H groups in total. The number of fused-ring (bicyclic) bond motifs is 1. The summed E-state index contributed by atoms with van der Waals surface area (Å²) in [6.07, 6.45) is 7.05. The molecule has 7 heteroatoms. The highest BCUT2D eigenvalue weighted by molar-refractivity contribution is 7.20. The fraction of sp³-hybridized carbons (Fsp3) is 0.611. The van der Waals surface area contributed by atoms with E-state index >= 15 is 0 Å². The average molecular weight is 362 g/mol. The molecule has 1 atom stereocenters. The molecule has 1 aliphatic rings. The van der Waals surface area contributed by atoms with Crippen molar-refractivity contribution < 1.29 is 9.53 Å². The molecule has 0 radical (unpaired) electrons. The normalized spacial score (nSPS) is 16.3. The van der Waals surface area contributed by atoms with Gasteiger partial charge in [-0.05, 0) is 31.7 Å². The molecule has 0 spiro atoms. The Kier molecular flexibility index (Phi) is 5.86. The fourth-order valence-corrected chi connectivity index (χ4v) is 4.43. The molecule has 1 fully saturated rings. The second-order valence-corrected chi connectivity index (χ2v) is 7.62. The maximum Gasteiger partial charge on any atom is 0.261 e. The summed E-state index contributed by atoms with van der Waals surface area (Å²) in [6.45, 7) is 4.70. The zero-order chi connectivity index (χ0) is 17.8. The number of carbonyl (C=O) groups is 1. The molecule has 136 valence electrons. The van der Waals surface area contributed by atoms with E-state index in [4.69, 9.17) is 4.74 Å². The van der Waals surface area contributed by atoms with E-state index in [1.807, 2.05) is 6.92 Å². The number of amides is 1. The number of ether oxygens (including phenoxy) is 1. The smallest absolute Gasteiger partial charge is 0.261 e. The van der Waals surface area contributed by atoms with Gasteiger partial charge in [0, 0.05) is 13.2 Å². The molecule has 2 aromatic heterocycles. The minimum absolute atomic E-state index is 0.0160. The standard InChI is InChI=1S/C18H26N4O2S/c1-4-12(9-24-3)21-16-14-11(2)15(25-18(14)20-10-19-16)17(23)22-13-7-5-6-8-13/h10,12-13H,4-9H2,1-3H3,(H,22,23)(H,19,20,21). The molecule has 0 saturated heterocycles. The van der Waals surface area contributed by atoms with Gasteiger partial charge in [-0.3, -0.25) is 4.79 Å². The number of carbonyl (C=O) groups excluding carboxylic acids is 1. The number of hydrogen-bond donors (Lipinski definition) is 2. The Morgan fingerprint density at radius 3 is 2.84 bits per heavy atom. The Morgan fingerprint density at radius 2 is 2.16 bits per heavy atom. The zero-order valence-electron chi connectivity index (χ0n) is 15.1. The lowest BCUT2D eigenvalue weighted by atomic mass is 10.1. The van der Waals surface area contributed by atoms with Crippen LogP contribution in [0.4, 0.5) is 5.82 Å². The molecule has 6 nitrogen and oxygen atoms in total. The van der Waals surface area contributed by atoms with Crippen molar-refractivity contribution in [1.82, 2.24) is 15.3 Å². The van der Waals surface area contributed by atoms with Crippen LogP contribution in [0.3, 0.4) is 0 Å². The van der Waals surface area contributed by atoms with Crippen LogP contribution in [0.1, 0.15) is 54.3 Å². The Bertz CT molecular complexity index is 740. The van der Waals surface area contributed by atoms with Gasteiger partial charge in [-0.1, -0.05) is 19.8 Å². The maximum absolute atomic E-state index is 12.7. The molecule has 2 aromatic rings. The van der Waals surface area contributed by atoms with Gasteiger partial charge in [0.25, 0.3) is 5.91 Å². The largest absolute Gasteiger partial charge is 0.383 e. The fourth-order valence-electron chi connectivity index (χ4n) is 3.37. The van der Waals surface area contributed by atoms with Crippen LogP contribution in [-0.2, 0) is 4.74 Å². The van der Waals surface area contributed by atoms with Crippen molar-refractivity contribution in [2.24, 2.45) is 0 Å². The average Bonchev–Trinajstić information content (AvgIpc) is 3.23.